The van der Waals surface area contributed by atoms with Crippen LogP contribution in [0, 0.1) is 0 Å². The molecule has 0 saturated heterocycles. The van der Waals surface area contributed by atoms with Gasteiger partial charge in [-0.2, -0.15) is 0 Å². The Labute approximate surface area is 82.9 Å². The smallest absolute Gasteiger partial charge is 0.340 e. The molecule has 1 aromatic heterocycles. The Morgan fingerprint density at radius 1 is 1.42 bits per heavy atom. The zero-order valence-corrected chi connectivity index (χ0v) is 7.78. The second-order valence-electron chi connectivity index (χ2n) is 1.89. The van der Waals surface area contributed by atoms with Gasteiger partial charge >= 0.3 is 5.97 Å². The maximum absolute atomic E-state index is 10.5. The van der Waals surface area contributed by atoms with Gasteiger partial charge in [-0.25, -0.2) is 9.78 Å². The number of rotatable bonds is 1. The molecule has 0 aliphatic heterocycles. The molecular formula is C6H2Cl3NO2. The number of nitrogens with zero attached hydrogens (tertiary/aromatic N) is 1. The summed E-state index contributed by atoms with van der Waals surface area (Å²) in [6.07, 6.45) is 1.19. The van der Waals surface area contributed by atoms with Crippen LogP contribution in [0.5, 0.6) is 0 Å². The van der Waals surface area contributed by atoms with Crippen molar-refractivity contribution in [1.29, 1.82) is 0 Å². The lowest BCUT2D eigenvalue weighted by Crippen LogP contribution is -2.00. The Kier molecular flexibility index (Phi) is 2.77. The fourth-order valence-electron chi connectivity index (χ4n) is 0.627. The van der Waals surface area contributed by atoms with Crippen molar-refractivity contribution >= 4 is 40.8 Å². The van der Waals surface area contributed by atoms with Crippen molar-refractivity contribution in [2.45, 2.75) is 0 Å². The Hall–Kier alpha value is -0.510. The summed E-state index contributed by atoms with van der Waals surface area (Å²) in [7, 11) is 0. The number of aromatic nitrogens is 1. The standard InChI is InChI=1S/C6H2Cl3NO2/c7-2-1-10-5(9)3(4(2)8)6(11)12/h1H,(H,11,12). The Morgan fingerprint density at radius 3 is 2.42 bits per heavy atom. The van der Waals surface area contributed by atoms with Crippen LogP contribution in [-0.4, -0.2) is 16.1 Å². The Bertz CT molecular complexity index is 340. The third kappa shape index (κ3) is 1.63. The van der Waals surface area contributed by atoms with Crippen molar-refractivity contribution in [1.82, 2.24) is 4.98 Å². The lowest BCUT2D eigenvalue weighted by atomic mass is 10.3. The highest BCUT2D eigenvalue weighted by Crippen LogP contribution is 2.29. The largest absolute Gasteiger partial charge is 0.478 e. The minimum Gasteiger partial charge on any atom is -0.478 e. The molecule has 1 rings (SSSR count). The minimum absolute atomic E-state index is 0.0680. The first-order chi connectivity index (χ1) is 5.54. The first kappa shape index (κ1) is 9.58. The summed E-state index contributed by atoms with van der Waals surface area (Å²) in [5.41, 5.74) is -0.272. The van der Waals surface area contributed by atoms with E-state index in [0.29, 0.717) is 0 Å². The second-order valence-corrected chi connectivity index (χ2v) is 3.03. The highest BCUT2D eigenvalue weighted by molar-refractivity contribution is 6.45. The van der Waals surface area contributed by atoms with Crippen LogP contribution in [0.2, 0.25) is 15.2 Å². The molecule has 0 amide bonds. The van der Waals surface area contributed by atoms with E-state index in [2.05, 4.69) is 4.98 Å². The summed E-state index contributed by atoms with van der Waals surface area (Å²) < 4.78 is 0. The molecular weight excluding hydrogens is 224 g/mol. The van der Waals surface area contributed by atoms with Crippen molar-refractivity contribution < 1.29 is 9.90 Å². The summed E-state index contributed by atoms with van der Waals surface area (Å²) >= 11 is 16.5. The first-order valence-electron chi connectivity index (χ1n) is 2.77. The lowest BCUT2D eigenvalue weighted by Gasteiger charge is -2.01. The zero-order valence-electron chi connectivity index (χ0n) is 5.51. The van der Waals surface area contributed by atoms with Crippen LogP contribution in [0.4, 0.5) is 0 Å². The molecule has 1 heterocycles. The monoisotopic (exact) mass is 225 g/mol. The molecule has 0 spiro atoms. The molecule has 0 saturated carbocycles. The van der Waals surface area contributed by atoms with E-state index in [-0.39, 0.29) is 20.8 Å². The quantitative estimate of drug-likeness (QED) is 0.749. The summed E-state index contributed by atoms with van der Waals surface area (Å²) in [4.78, 5) is 14.1. The number of hydrogen-bond donors (Lipinski definition) is 1. The summed E-state index contributed by atoms with van der Waals surface area (Å²) in [6, 6.07) is 0. The SMILES string of the molecule is O=C(O)c1c(Cl)ncc(Cl)c1Cl. The van der Waals surface area contributed by atoms with Crippen LogP contribution < -0.4 is 0 Å². The van der Waals surface area contributed by atoms with Gasteiger partial charge in [-0.05, 0) is 0 Å². The molecule has 3 nitrogen and oxygen atoms in total. The van der Waals surface area contributed by atoms with E-state index in [0.717, 1.165) is 0 Å². The molecule has 0 aliphatic rings. The molecule has 0 atom stereocenters. The third-order valence-corrected chi connectivity index (χ3v) is 2.20. The highest BCUT2D eigenvalue weighted by atomic mass is 35.5. The number of hydrogen-bond acceptors (Lipinski definition) is 2. The van der Waals surface area contributed by atoms with Gasteiger partial charge in [0.2, 0.25) is 0 Å². The first-order valence-corrected chi connectivity index (χ1v) is 3.90. The average Bonchev–Trinajstić information content (AvgIpc) is 1.97. The predicted molar refractivity (Wildman–Crippen MR) is 46.2 cm³/mol. The number of pyridine rings is 1. The maximum atomic E-state index is 10.5. The second kappa shape index (κ2) is 3.47. The fraction of sp³-hybridized carbons (Fsp3) is 0. The number of halogens is 3. The molecule has 0 unspecified atom stereocenters. The van der Waals surface area contributed by atoms with Gasteiger partial charge in [-0.3, -0.25) is 0 Å². The number of aromatic carboxylic acids is 1. The van der Waals surface area contributed by atoms with Crippen LogP contribution in [0.25, 0.3) is 0 Å². The molecule has 0 aromatic carbocycles. The van der Waals surface area contributed by atoms with Crippen LogP contribution in [-0.2, 0) is 0 Å². The van der Waals surface area contributed by atoms with Gasteiger partial charge in [-0.1, -0.05) is 34.8 Å². The van der Waals surface area contributed by atoms with Crippen LogP contribution in [0.15, 0.2) is 6.20 Å². The molecule has 0 aliphatic carbocycles. The third-order valence-electron chi connectivity index (χ3n) is 1.14. The van der Waals surface area contributed by atoms with E-state index < -0.39 is 5.97 Å². The van der Waals surface area contributed by atoms with Crippen molar-refractivity contribution in [3.05, 3.63) is 27.0 Å². The van der Waals surface area contributed by atoms with E-state index in [9.17, 15) is 4.79 Å². The molecule has 0 bridgehead atoms. The van der Waals surface area contributed by atoms with Crippen molar-refractivity contribution in [2.75, 3.05) is 0 Å². The van der Waals surface area contributed by atoms with E-state index >= 15 is 0 Å². The minimum atomic E-state index is -1.25. The van der Waals surface area contributed by atoms with Gasteiger partial charge in [0.25, 0.3) is 0 Å². The van der Waals surface area contributed by atoms with Crippen LogP contribution >= 0.6 is 34.8 Å². The Balaban J connectivity index is 3.43. The van der Waals surface area contributed by atoms with Gasteiger partial charge < -0.3 is 5.11 Å². The van der Waals surface area contributed by atoms with Crippen molar-refractivity contribution in [3.63, 3.8) is 0 Å². The van der Waals surface area contributed by atoms with Gasteiger partial charge in [0.05, 0.1) is 10.0 Å². The lowest BCUT2D eigenvalue weighted by molar-refractivity contribution is 0.0697. The molecule has 12 heavy (non-hydrogen) atoms. The molecule has 64 valence electrons. The van der Waals surface area contributed by atoms with Crippen molar-refractivity contribution in [2.24, 2.45) is 0 Å². The van der Waals surface area contributed by atoms with Crippen LogP contribution in [0.3, 0.4) is 0 Å². The number of carbonyl (C=O) groups is 1. The van der Waals surface area contributed by atoms with E-state index in [1.165, 1.54) is 6.20 Å². The maximum Gasteiger partial charge on any atom is 0.340 e. The van der Waals surface area contributed by atoms with E-state index in [1.807, 2.05) is 0 Å². The normalized spacial score (nSPS) is 9.92. The zero-order chi connectivity index (χ0) is 9.30. The molecule has 0 fully saturated rings. The van der Waals surface area contributed by atoms with Gasteiger partial charge in [0.15, 0.2) is 0 Å². The number of carboxylic acid groups (broad SMARTS) is 1. The Morgan fingerprint density at radius 2 is 2.00 bits per heavy atom. The summed E-state index contributed by atoms with van der Waals surface area (Å²) in [6.45, 7) is 0. The summed E-state index contributed by atoms with van der Waals surface area (Å²) in [5, 5.41) is 8.41. The fourth-order valence-corrected chi connectivity index (χ4v) is 1.26. The average molecular weight is 226 g/mol. The number of carboxylic acids is 1. The molecule has 6 heteroatoms. The topological polar surface area (TPSA) is 50.2 Å². The van der Waals surface area contributed by atoms with Gasteiger partial charge in [-0.15, -0.1) is 0 Å². The van der Waals surface area contributed by atoms with E-state index in [1.54, 1.807) is 0 Å². The summed E-state index contributed by atoms with van der Waals surface area (Å²) in [5.74, 6) is -1.25. The van der Waals surface area contributed by atoms with Crippen LogP contribution in [0.1, 0.15) is 10.4 Å². The highest BCUT2D eigenvalue weighted by Gasteiger charge is 2.16. The van der Waals surface area contributed by atoms with Gasteiger partial charge in [0.1, 0.15) is 10.7 Å². The molecule has 1 aromatic rings. The molecule has 1 N–H and O–H groups in total. The molecule has 0 radical (unpaired) electrons. The van der Waals surface area contributed by atoms with Crippen molar-refractivity contribution in [3.8, 4) is 0 Å². The predicted octanol–water partition coefficient (Wildman–Crippen LogP) is 2.74. The van der Waals surface area contributed by atoms with Gasteiger partial charge in [0, 0.05) is 6.20 Å². The van der Waals surface area contributed by atoms with E-state index in [4.69, 9.17) is 39.9 Å².